The van der Waals surface area contributed by atoms with Crippen LogP contribution in [0.3, 0.4) is 0 Å². The minimum absolute atomic E-state index is 0.193. The molecule has 2 aliphatic heterocycles. The Bertz CT molecular complexity index is 460. The van der Waals surface area contributed by atoms with E-state index in [9.17, 15) is 4.79 Å². The number of carboxylic acid groups (broad SMARTS) is 1. The van der Waals surface area contributed by atoms with Crippen LogP contribution in [0.5, 0.6) is 0 Å². The molecule has 1 fully saturated rings. The number of fused-ring (bicyclic) bond motifs is 3. The molecular formula is C12H12BrNO2. The summed E-state index contributed by atoms with van der Waals surface area (Å²) >= 11 is 3.47. The van der Waals surface area contributed by atoms with E-state index in [0.29, 0.717) is 12.6 Å². The highest BCUT2D eigenvalue weighted by molar-refractivity contribution is 9.10. The third-order valence-corrected chi connectivity index (χ3v) is 4.06. The summed E-state index contributed by atoms with van der Waals surface area (Å²) in [5.74, 6) is -0.852. The Labute approximate surface area is 102 Å². The van der Waals surface area contributed by atoms with Crippen molar-refractivity contribution in [3.63, 3.8) is 0 Å². The molecule has 16 heavy (non-hydrogen) atoms. The molecule has 0 bridgehead atoms. The van der Waals surface area contributed by atoms with Crippen molar-refractivity contribution in [1.82, 2.24) is 0 Å². The van der Waals surface area contributed by atoms with Gasteiger partial charge in [-0.3, -0.25) is 4.79 Å². The molecule has 0 saturated carbocycles. The highest BCUT2D eigenvalue weighted by Gasteiger charge is 2.40. The molecule has 1 aromatic carbocycles. The van der Waals surface area contributed by atoms with Crippen LogP contribution in [-0.2, 0) is 11.2 Å². The first-order chi connectivity index (χ1) is 7.65. The lowest BCUT2D eigenvalue weighted by molar-refractivity contribution is -0.141. The minimum Gasteiger partial charge on any atom is -0.481 e. The maximum atomic E-state index is 11.0. The van der Waals surface area contributed by atoms with Gasteiger partial charge in [-0.2, -0.15) is 0 Å². The van der Waals surface area contributed by atoms with Crippen LogP contribution in [0.2, 0.25) is 0 Å². The Kier molecular flexibility index (Phi) is 2.21. The van der Waals surface area contributed by atoms with Gasteiger partial charge < -0.3 is 10.0 Å². The Morgan fingerprint density at radius 2 is 2.31 bits per heavy atom. The summed E-state index contributed by atoms with van der Waals surface area (Å²) < 4.78 is 1.10. The number of rotatable bonds is 1. The highest BCUT2D eigenvalue weighted by Crippen LogP contribution is 2.40. The lowest BCUT2D eigenvalue weighted by Gasteiger charge is -2.18. The number of aliphatic carboxylic acids is 1. The van der Waals surface area contributed by atoms with E-state index in [4.69, 9.17) is 5.11 Å². The van der Waals surface area contributed by atoms with Crippen LogP contribution in [0.4, 0.5) is 5.69 Å². The smallest absolute Gasteiger partial charge is 0.308 e. The van der Waals surface area contributed by atoms with Crippen molar-refractivity contribution < 1.29 is 9.90 Å². The predicted octanol–water partition coefficient (Wildman–Crippen LogP) is 2.28. The van der Waals surface area contributed by atoms with Gasteiger partial charge >= 0.3 is 5.97 Å². The van der Waals surface area contributed by atoms with E-state index in [0.717, 1.165) is 17.3 Å². The lowest BCUT2D eigenvalue weighted by atomic mass is 10.0. The molecule has 2 heterocycles. The summed E-state index contributed by atoms with van der Waals surface area (Å²) in [4.78, 5) is 13.2. The number of hydrogen-bond donors (Lipinski definition) is 1. The first-order valence-electron chi connectivity index (χ1n) is 5.43. The van der Waals surface area contributed by atoms with Gasteiger partial charge in [-0.05, 0) is 36.6 Å². The maximum absolute atomic E-state index is 11.0. The van der Waals surface area contributed by atoms with E-state index < -0.39 is 5.97 Å². The van der Waals surface area contributed by atoms with E-state index in [1.807, 2.05) is 6.07 Å². The Morgan fingerprint density at radius 3 is 3.06 bits per heavy atom. The fourth-order valence-electron chi connectivity index (χ4n) is 2.84. The number of benzene rings is 1. The molecule has 0 spiro atoms. The number of halogens is 1. The second-order valence-corrected chi connectivity index (χ2v) is 5.47. The molecule has 0 radical (unpaired) electrons. The Balaban J connectivity index is 1.91. The van der Waals surface area contributed by atoms with E-state index in [2.05, 4.69) is 33.0 Å². The number of nitrogens with zero attached hydrogens (tertiary/aromatic N) is 1. The molecule has 2 unspecified atom stereocenters. The van der Waals surface area contributed by atoms with Gasteiger partial charge in [-0.15, -0.1) is 0 Å². The van der Waals surface area contributed by atoms with Crippen molar-refractivity contribution in [2.24, 2.45) is 5.92 Å². The van der Waals surface area contributed by atoms with Crippen LogP contribution >= 0.6 is 15.9 Å². The molecule has 2 aliphatic rings. The standard InChI is InChI=1S/C12H12BrNO2/c13-9-1-2-11-7(3-9)4-10-5-8(12(15)16)6-14(10)11/h1-3,8,10H,4-6H2,(H,15,16). The van der Waals surface area contributed by atoms with Crippen LogP contribution in [0.25, 0.3) is 0 Å². The van der Waals surface area contributed by atoms with Gasteiger partial charge in [0.25, 0.3) is 0 Å². The fourth-order valence-corrected chi connectivity index (χ4v) is 3.24. The summed E-state index contributed by atoms with van der Waals surface area (Å²) in [6.07, 6.45) is 1.76. The molecule has 3 nitrogen and oxygen atoms in total. The molecule has 4 heteroatoms. The zero-order valence-corrected chi connectivity index (χ0v) is 10.3. The molecule has 1 aromatic rings. The van der Waals surface area contributed by atoms with Crippen LogP contribution in [-0.4, -0.2) is 23.7 Å². The average molecular weight is 282 g/mol. The van der Waals surface area contributed by atoms with Crippen molar-refractivity contribution in [3.05, 3.63) is 28.2 Å². The Hall–Kier alpha value is -1.03. The zero-order valence-electron chi connectivity index (χ0n) is 8.69. The monoisotopic (exact) mass is 281 g/mol. The largest absolute Gasteiger partial charge is 0.481 e. The van der Waals surface area contributed by atoms with E-state index in [1.54, 1.807) is 0 Å². The molecule has 84 valence electrons. The van der Waals surface area contributed by atoms with Gasteiger partial charge in [0.1, 0.15) is 0 Å². The van der Waals surface area contributed by atoms with Crippen molar-refractivity contribution in [2.75, 3.05) is 11.4 Å². The van der Waals surface area contributed by atoms with E-state index in [1.165, 1.54) is 11.3 Å². The van der Waals surface area contributed by atoms with Gasteiger partial charge in [0.15, 0.2) is 0 Å². The maximum Gasteiger partial charge on any atom is 0.308 e. The van der Waals surface area contributed by atoms with E-state index >= 15 is 0 Å². The van der Waals surface area contributed by atoms with Crippen molar-refractivity contribution >= 4 is 27.6 Å². The first kappa shape index (κ1) is 10.1. The molecule has 2 atom stereocenters. The molecule has 1 N–H and O–H groups in total. The molecule has 1 saturated heterocycles. The van der Waals surface area contributed by atoms with Crippen molar-refractivity contribution in [2.45, 2.75) is 18.9 Å². The van der Waals surface area contributed by atoms with Crippen LogP contribution < -0.4 is 4.90 Å². The minimum atomic E-state index is -0.659. The molecule has 0 aromatic heterocycles. The van der Waals surface area contributed by atoms with Crippen LogP contribution in [0.1, 0.15) is 12.0 Å². The van der Waals surface area contributed by atoms with Gasteiger partial charge in [-0.25, -0.2) is 0 Å². The molecular weight excluding hydrogens is 270 g/mol. The van der Waals surface area contributed by atoms with Crippen molar-refractivity contribution in [3.8, 4) is 0 Å². The van der Waals surface area contributed by atoms with E-state index in [-0.39, 0.29) is 5.92 Å². The summed E-state index contributed by atoms with van der Waals surface area (Å²) in [5, 5.41) is 9.03. The summed E-state index contributed by atoms with van der Waals surface area (Å²) in [5.41, 5.74) is 2.56. The summed E-state index contributed by atoms with van der Waals surface area (Å²) in [6.45, 7) is 0.661. The second-order valence-electron chi connectivity index (χ2n) is 4.55. The van der Waals surface area contributed by atoms with Gasteiger partial charge in [0, 0.05) is 22.7 Å². The van der Waals surface area contributed by atoms with Crippen LogP contribution in [0, 0.1) is 5.92 Å². The Morgan fingerprint density at radius 1 is 1.50 bits per heavy atom. The third kappa shape index (κ3) is 1.44. The normalized spacial score (nSPS) is 26.7. The van der Waals surface area contributed by atoms with Gasteiger partial charge in [0.05, 0.1) is 5.92 Å². The number of carboxylic acids is 1. The van der Waals surface area contributed by atoms with Gasteiger partial charge in [-0.1, -0.05) is 15.9 Å². The number of anilines is 1. The molecule has 3 rings (SSSR count). The number of hydrogen-bond acceptors (Lipinski definition) is 2. The average Bonchev–Trinajstić information content (AvgIpc) is 2.73. The van der Waals surface area contributed by atoms with Crippen LogP contribution in [0.15, 0.2) is 22.7 Å². The fraction of sp³-hybridized carbons (Fsp3) is 0.417. The molecule has 0 aliphatic carbocycles. The SMILES string of the molecule is O=C(O)C1CC2Cc3cc(Br)ccc3N2C1. The lowest BCUT2D eigenvalue weighted by Crippen LogP contribution is -2.25. The second kappa shape index (κ2) is 3.48. The third-order valence-electron chi connectivity index (χ3n) is 3.57. The summed E-state index contributed by atoms with van der Waals surface area (Å²) in [6, 6.07) is 6.65. The highest BCUT2D eigenvalue weighted by atomic mass is 79.9. The number of carbonyl (C=O) groups is 1. The topological polar surface area (TPSA) is 40.5 Å². The zero-order chi connectivity index (χ0) is 11.3. The predicted molar refractivity (Wildman–Crippen MR) is 64.7 cm³/mol. The van der Waals surface area contributed by atoms with Crippen molar-refractivity contribution in [1.29, 1.82) is 0 Å². The first-order valence-corrected chi connectivity index (χ1v) is 6.22. The molecule has 0 amide bonds. The van der Waals surface area contributed by atoms with Gasteiger partial charge in [0.2, 0.25) is 0 Å². The summed E-state index contributed by atoms with van der Waals surface area (Å²) in [7, 11) is 0. The quantitative estimate of drug-likeness (QED) is 0.859.